The van der Waals surface area contributed by atoms with E-state index in [0.717, 1.165) is 44.5 Å². The molecule has 10 heteroatoms. The summed E-state index contributed by atoms with van der Waals surface area (Å²) in [5, 5.41) is 2.63. The largest absolute Gasteiger partial charge is 0.416 e. The number of benzene rings is 1. The van der Waals surface area contributed by atoms with Gasteiger partial charge in [0.2, 0.25) is 5.91 Å². The van der Waals surface area contributed by atoms with E-state index < -0.39 is 23.6 Å². The van der Waals surface area contributed by atoms with Gasteiger partial charge in [-0.1, -0.05) is 0 Å². The Hall–Kier alpha value is -3.95. The van der Waals surface area contributed by atoms with Crippen molar-refractivity contribution >= 4 is 23.2 Å². The van der Waals surface area contributed by atoms with Crippen LogP contribution in [0.25, 0.3) is 0 Å². The number of hydrogen-bond acceptors (Lipinski definition) is 5. The Labute approximate surface area is 194 Å². The number of pyridine rings is 2. The van der Waals surface area contributed by atoms with Crippen molar-refractivity contribution in [2.75, 3.05) is 23.3 Å². The van der Waals surface area contributed by atoms with Gasteiger partial charge in [0.05, 0.1) is 16.9 Å². The van der Waals surface area contributed by atoms with Gasteiger partial charge in [0.25, 0.3) is 5.91 Å². The first-order valence-electron chi connectivity index (χ1n) is 10.6. The van der Waals surface area contributed by atoms with Gasteiger partial charge in [-0.05, 0) is 61.7 Å². The van der Waals surface area contributed by atoms with Gasteiger partial charge in [0.1, 0.15) is 0 Å². The van der Waals surface area contributed by atoms with Crippen LogP contribution in [0, 0.1) is 0 Å². The van der Waals surface area contributed by atoms with E-state index in [1.165, 1.54) is 43.0 Å². The molecule has 34 heavy (non-hydrogen) atoms. The third-order valence-corrected chi connectivity index (χ3v) is 5.18. The number of alkyl halides is 3. The van der Waals surface area contributed by atoms with Gasteiger partial charge in [-0.2, -0.15) is 13.2 Å². The van der Waals surface area contributed by atoms with Crippen molar-refractivity contribution in [1.29, 1.82) is 0 Å². The minimum absolute atomic E-state index is 0.179. The van der Waals surface area contributed by atoms with Crippen LogP contribution in [0.4, 0.5) is 24.5 Å². The summed E-state index contributed by atoms with van der Waals surface area (Å²) in [4.78, 5) is 32.3. The Bertz CT molecular complexity index is 1100. The Morgan fingerprint density at radius 2 is 1.41 bits per heavy atom. The Balaban J connectivity index is 0.000000302. The molecule has 0 bridgehead atoms. The van der Waals surface area contributed by atoms with Crippen LogP contribution in [0.1, 0.15) is 45.5 Å². The van der Waals surface area contributed by atoms with Crippen molar-refractivity contribution in [2.24, 2.45) is 5.73 Å². The van der Waals surface area contributed by atoms with Gasteiger partial charge < -0.3 is 16.0 Å². The number of primary amides is 1. The highest BCUT2D eigenvalue weighted by Gasteiger charge is 2.32. The summed E-state index contributed by atoms with van der Waals surface area (Å²) in [6.07, 6.45) is 4.60. The smallest absolute Gasteiger partial charge is 0.370 e. The lowest BCUT2D eigenvalue weighted by Gasteiger charge is -2.31. The Kier molecular flexibility index (Phi) is 8.18. The van der Waals surface area contributed by atoms with Crippen molar-refractivity contribution in [2.45, 2.75) is 25.4 Å². The lowest BCUT2D eigenvalue weighted by molar-refractivity contribution is -0.137. The number of halogens is 3. The second-order valence-corrected chi connectivity index (χ2v) is 7.57. The molecule has 1 aliphatic heterocycles. The molecule has 1 aromatic carbocycles. The number of rotatable bonds is 4. The monoisotopic (exact) mass is 471 g/mol. The van der Waals surface area contributed by atoms with Crippen molar-refractivity contribution in [3.8, 4) is 0 Å². The number of nitrogens with two attached hydrogens (primary N) is 1. The molecule has 0 atom stereocenters. The molecule has 3 aromatic rings. The molecule has 1 saturated heterocycles. The van der Waals surface area contributed by atoms with Gasteiger partial charge in [-0.3, -0.25) is 19.6 Å². The number of aromatic nitrogens is 2. The second kappa shape index (κ2) is 11.3. The predicted molar refractivity (Wildman–Crippen MR) is 122 cm³/mol. The van der Waals surface area contributed by atoms with Crippen molar-refractivity contribution in [3.05, 3.63) is 83.9 Å². The summed E-state index contributed by atoms with van der Waals surface area (Å²) in [6, 6.07) is 9.68. The first-order valence-corrected chi connectivity index (χ1v) is 10.6. The Morgan fingerprint density at radius 3 is 1.91 bits per heavy atom. The first kappa shape index (κ1) is 24.7. The number of carbonyl (C=O) groups is 2. The summed E-state index contributed by atoms with van der Waals surface area (Å²) in [5.74, 6) is -0.877. The van der Waals surface area contributed by atoms with E-state index in [1.807, 2.05) is 4.90 Å². The summed E-state index contributed by atoms with van der Waals surface area (Å²) < 4.78 is 39.2. The van der Waals surface area contributed by atoms with Gasteiger partial charge in [0.15, 0.2) is 0 Å². The molecule has 0 spiro atoms. The topological polar surface area (TPSA) is 101 Å². The summed E-state index contributed by atoms with van der Waals surface area (Å²) in [5.41, 5.74) is 5.80. The molecule has 2 amide bonds. The van der Waals surface area contributed by atoms with Crippen LogP contribution >= 0.6 is 0 Å². The molecule has 7 nitrogen and oxygen atoms in total. The van der Waals surface area contributed by atoms with E-state index in [9.17, 15) is 22.8 Å². The molecule has 0 unspecified atom stereocenters. The lowest BCUT2D eigenvalue weighted by Crippen LogP contribution is -2.30. The van der Waals surface area contributed by atoms with Crippen LogP contribution in [0.15, 0.2) is 67.3 Å². The quantitative estimate of drug-likeness (QED) is 0.583. The van der Waals surface area contributed by atoms with Gasteiger partial charge >= 0.3 is 6.18 Å². The van der Waals surface area contributed by atoms with Crippen molar-refractivity contribution < 1.29 is 22.8 Å². The number of amides is 2. The summed E-state index contributed by atoms with van der Waals surface area (Å²) in [7, 11) is 0. The average Bonchev–Trinajstić information content (AvgIpc) is 2.85. The zero-order chi connectivity index (χ0) is 24.6. The van der Waals surface area contributed by atoms with Crippen LogP contribution in [0.2, 0.25) is 0 Å². The zero-order valence-electron chi connectivity index (χ0n) is 18.3. The molecule has 1 fully saturated rings. The number of anilines is 2. The number of carbonyl (C=O) groups excluding carboxylic acids is 2. The minimum Gasteiger partial charge on any atom is -0.370 e. The van der Waals surface area contributed by atoms with E-state index in [-0.39, 0.29) is 5.69 Å². The molecule has 3 N–H and O–H groups in total. The maximum Gasteiger partial charge on any atom is 0.416 e. The molecular formula is C24H24F3N5O2. The average molecular weight is 471 g/mol. The van der Waals surface area contributed by atoms with Crippen LogP contribution in [0.5, 0.6) is 0 Å². The van der Waals surface area contributed by atoms with Crippen LogP contribution < -0.4 is 16.0 Å². The predicted octanol–water partition coefficient (Wildman–Crippen LogP) is 4.52. The number of nitrogens with one attached hydrogen (secondary N) is 1. The summed E-state index contributed by atoms with van der Waals surface area (Å²) in [6.45, 7) is 1.53. The Morgan fingerprint density at radius 1 is 0.853 bits per heavy atom. The third kappa shape index (κ3) is 6.77. The molecule has 2 aromatic heterocycles. The first-order chi connectivity index (χ1) is 16.3. The minimum atomic E-state index is -4.46. The summed E-state index contributed by atoms with van der Waals surface area (Å²) >= 11 is 0. The van der Waals surface area contributed by atoms with E-state index in [0.29, 0.717) is 16.8 Å². The molecule has 0 radical (unpaired) electrons. The van der Waals surface area contributed by atoms with E-state index in [2.05, 4.69) is 15.3 Å². The molecule has 1 aliphatic rings. The van der Waals surface area contributed by atoms with E-state index in [1.54, 1.807) is 12.1 Å². The van der Waals surface area contributed by atoms with Crippen LogP contribution in [0.3, 0.4) is 0 Å². The molecule has 0 saturated carbocycles. The maximum atomic E-state index is 13.1. The fourth-order valence-electron chi connectivity index (χ4n) is 3.44. The number of hydrogen-bond donors (Lipinski definition) is 2. The van der Waals surface area contributed by atoms with E-state index in [4.69, 9.17) is 5.73 Å². The standard InChI is InChI=1S/C18H18F3N3O.C6H6N2O/c19-18(20,21)14-4-5-16(24-10-2-1-3-11-24)15(12-14)23-17(25)13-6-8-22-9-7-13;7-6(9)5-1-3-8-4-2-5/h4-9,12H,1-3,10-11H2,(H,23,25);1-4H,(H2,7,9). The van der Waals surface area contributed by atoms with Crippen LogP contribution in [-0.4, -0.2) is 34.9 Å². The zero-order valence-corrected chi connectivity index (χ0v) is 18.3. The third-order valence-electron chi connectivity index (χ3n) is 5.18. The highest BCUT2D eigenvalue weighted by molar-refractivity contribution is 6.06. The maximum absolute atomic E-state index is 13.1. The van der Waals surface area contributed by atoms with Crippen LogP contribution in [-0.2, 0) is 6.18 Å². The molecule has 0 aliphatic carbocycles. The molecule has 178 valence electrons. The molecule has 4 rings (SSSR count). The fourth-order valence-corrected chi connectivity index (χ4v) is 3.44. The second-order valence-electron chi connectivity index (χ2n) is 7.57. The molecular weight excluding hydrogens is 447 g/mol. The lowest BCUT2D eigenvalue weighted by atomic mass is 10.1. The normalized spacial score (nSPS) is 13.4. The van der Waals surface area contributed by atoms with Crippen molar-refractivity contribution in [3.63, 3.8) is 0 Å². The van der Waals surface area contributed by atoms with Gasteiger partial charge in [-0.15, -0.1) is 0 Å². The van der Waals surface area contributed by atoms with Crippen molar-refractivity contribution in [1.82, 2.24) is 9.97 Å². The SMILES string of the molecule is NC(=O)c1ccncc1.O=C(Nc1cc(C(F)(F)F)ccc1N1CCCCC1)c1ccncc1. The number of nitrogens with zero attached hydrogens (tertiary/aromatic N) is 3. The molecule has 3 heterocycles. The fraction of sp³-hybridized carbons (Fsp3) is 0.250. The van der Waals surface area contributed by atoms with Gasteiger partial charge in [0, 0.05) is 49.0 Å². The highest BCUT2D eigenvalue weighted by Crippen LogP contribution is 2.36. The number of piperidine rings is 1. The highest BCUT2D eigenvalue weighted by atomic mass is 19.4. The van der Waals surface area contributed by atoms with Gasteiger partial charge in [-0.25, -0.2) is 0 Å². The van der Waals surface area contributed by atoms with E-state index >= 15 is 0 Å².